The van der Waals surface area contributed by atoms with Crippen molar-refractivity contribution in [3.8, 4) is 34.3 Å². The van der Waals surface area contributed by atoms with Crippen LogP contribution in [0.25, 0.3) is 33.4 Å². The van der Waals surface area contributed by atoms with Gasteiger partial charge in [-0.05, 0) is 30.7 Å². The Morgan fingerprint density at radius 2 is 1.79 bits per heavy atom. The number of pyridine rings is 1. The summed E-state index contributed by atoms with van der Waals surface area (Å²) in [5.41, 5.74) is 2.58. The van der Waals surface area contributed by atoms with Gasteiger partial charge in [-0.15, -0.1) is 0 Å². The number of para-hydroxylation sites is 1. The Morgan fingerprint density at radius 3 is 2.54 bits per heavy atom. The van der Waals surface area contributed by atoms with Crippen molar-refractivity contribution in [1.29, 1.82) is 5.26 Å². The lowest BCUT2D eigenvalue weighted by Crippen LogP contribution is -2.07. The van der Waals surface area contributed by atoms with E-state index in [9.17, 15) is 10.1 Å². The minimum Gasteiger partial charge on any atom is -0.477 e. The van der Waals surface area contributed by atoms with Crippen molar-refractivity contribution in [3.05, 3.63) is 82.7 Å². The molecule has 4 rings (SSSR count). The number of fused-ring (bicyclic) bond motifs is 1. The number of nitrogens with zero attached hydrogens (tertiary/aromatic N) is 2. The normalized spacial score (nSPS) is 10.6. The van der Waals surface area contributed by atoms with Gasteiger partial charge in [0.1, 0.15) is 17.2 Å². The first-order chi connectivity index (χ1) is 13.7. The van der Waals surface area contributed by atoms with Gasteiger partial charge in [-0.3, -0.25) is 0 Å². The van der Waals surface area contributed by atoms with Crippen molar-refractivity contribution in [2.24, 2.45) is 0 Å². The van der Waals surface area contributed by atoms with E-state index in [1.54, 1.807) is 18.2 Å². The molecule has 0 radical (unpaired) electrons. The van der Waals surface area contributed by atoms with E-state index in [2.05, 4.69) is 11.1 Å². The maximum Gasteiger partial charge on any atom is 0.345 e. The fourth-order valence-corrected chi connectivity index (χ4v) is 3.09. The summed E-state index contributed by atoms with van der Waals surface area (Å²) in [7, 11) is 0. The highest BCUT2D eigenvalue weighted by Crippen LogP contribution is 2.33. The zero-order valence-corrected chi connectivity index (χ0v) is 15.2. The van der Waals surface area contributed by atoms with Gasteiger partial charge in [0.2, 0.25) is 5.88 Å². The van der Waals surface area contributed by atoms with E-state index >= 15 is 0 Å². The van der Waals surface area contributed by atoms with Gasteiger partial charge in [-0.25, -0.2) is 9.78 Å². The monoisotopic (exact) mass is 368 g/mol. The molecular weight excluding hydrogens is 352 g/mol. The third kappa shape index (κ3) is 3.12. The van der Waals surface area contributed by atoms with Gasteiger partial charge in [0, 0.05) is 10.9 Å². The van der Waals surface area contributed by atoms with E-state index < -0.39 is 5.63 Å². The molecule has 0 unspecified atom stereocenters. The minimum atomic E-state index is -0.489. The van der Waals surface area contributed by atoms with Crippen molar-refractivity contribution < 1.29 is 9.15 Å². The molecule has 0 saturated heterocycles. The highest BCUT2D eigenvalue weighted by Gasteiger charge is 2.18. The van der Waals surface area contributed by atoms with Crippen LogP contribution in [-0.2, 0) is 0 Å². The number of rotatable bonds is 4. The lowest BCUT2D eigenvalue weighted by Gasteiger charge is -2.12. The quantitative estimate of drug-likeness (QED) is 0.484. The SMILES string of the molecule is CCOc1nc(-c2cc3ccccc3oc2=O)cc(-c2ccccc2)c1C#N. The number of nitriles is 1. The number of aromatic nitrogens is 1. The molecule has 0 bridgehead atoms. The molecule has 0 fully saturated rings. The first kappa shape index (κ1) is 17.5. The lowest BCUT2D eigenvalue weighted by molar-refractivity contribution is 0.326. The highest BCUT2D eigenvalue weighted by atomic mass is 16.5. The summed E-state index contributed by atoms with van der Waals surface area (Å²) >= 11 is 0. The zero-order chi connectivity index (χ0) is 19.5. The Kier molecular flexibility index (Phi) is 4.61. The van der Waals surface area contributed by atoms with Crippen molar-refractivity contribution in [1.82, 2.24) is 4.98 Å². The predicted octanol–water partition coefficient (Wildman–Crippen LogP) is 4.79. The van der Waals surface area contributed by atoms with Gasteiger partial charge >= 0.3 is 5.63 Å². The third-order valence-corrected chi connectivity index (χ3v) is 4.38. The topological polar surface area (TPSA) is 76.1 Å². The molecule has 0 aliphatic heterocycles. The van der Waals surface area contributed by atoms with Crippen LogP contribution in [0.15, 0.2) is 75.9 Å². The van der Waals surface area contributed by atoms with Crippen LogP contribution in [0.4, 0.5) is 0 Å². The van der Waals surface area contributed by atoms with Crippen molar-refractivity contribution >= 4 is 11.0 Å². The fourth-order valence-electron chi connectivity index (χ4n) is 3.09. The minimum absolute atomic E-state index is 0.203. The Hall–Kier alpha value is -3.91. The molecule has 0 aliphatic rings. The van der Waals surface area contributed by atoms with Crippen LogP contribution in [0.2, 0.25) is 0 Å². The number of hydrogen-bond acceptors (Lipinski definition) is 5. The molecule has 136 valence electrons. The summed E-state index contributed by atoms with van der Waals surface area (Å²) in [4.78, 5) is 17.0. The van der Waals surface area contributed by atoms with Gasteiger partial charge in [-0.2, -0.15) is 5.26 Å². The summed E-state index contributed by atoms with van der Waals surface area (Å²) < 4.78 is 11.1. The summed E-state index contributed by atoms with van der Waals surface area (Å²) in [6, 6.07) is 22.4. The Morgan fingerprint density at radius 1 is 1.04 bits per heavy atom. The molecule has 0 saturated carbocycles. The summed E-state index contributed by atoms with van der Waals surface area (Å²) in [6.07, 6.45) is 0. The summed E-state index contributed by atoms with van der Waals surface area (Å²) in [5.74, 6) is 0.203. The van der Waals surface area contributed by atoms with E-state index in [4.69, 9.17) is 9.15 Å². The van der Waals surface area contributed by atoms with Crippen LogP contribution in [-0.4, -0.2) is 11.6 Å². The molecule has 5 heteroatoms. The molecule has 5 nitrogen and oxygen atoms in total. The molecule has 28 heavy (non-hydrogen) atoms. The molecule has 2 heterocycles. The van der Waals surface area contributed by atoms with Gasteiger partial charge in [-0.1, -0.05) is 48.5 Å². The average molecular weight is 368 g/mol. The van der Waals surface area contributed by atoms with Gasteiger partial charge < -0.3 is 9.15 Å². The molecule has 0 N–H and O–H groups in total. The van der Waals surface area contributed by atoms with Crippen LogP contribution in [0.1, 0.15) is 12.5 Å². The molecule has 4 aromatic rings. The second-order valence-corrected chi connectivity index (χ2v) is 6.13. The Bertz CT molecular complexity index is 1250. The Balaban J connectivity index is 2.00. The molecule has 0 atom stereocenters. The third-order valence-electron chi connectivity index (χ3n) is 4.38. The maximum atomic E-state index is 12.6. The van der Waals surface area contributed by atoms with E-state index in [0.717, 1.165) is 10.9 Å². The lowest BCUT2D eigenvalue weighted by atomic mass is 9.99. The largest absolute Gasteiger partial charge is 0.477 e. The van der Waals surface area contributed by atoms with Crippen molar-refractivity contribution in [3.63, 3.8) is 0 Å². The summed E-state index contributed by atoms with van der Waals surface area (Å²) in [5, 5.41) is 10.5. The second-order valence-electron chi connectivity index (χ2n) is 6.13. The van der Waals surface area contributed by atoms with Crippen molar-refractivity contribution in [2.75, 3.05) is 6.61 Å². The van der Waals surface area contributed by atoms with E-state index in [1.165, 1.54) is 0 Å². The average Bonchev–Trinajstić information content (AvgIpc) is 2.73. The van der Waals surface area contributed by atoms with Gasteiger partial charge in [0.05, 0.1) is 17.9 Å². The standard InChI is InChI=1S/C23H16N2O3/c1-2-27-22-19(14-24)17(15-8-4-3-5-9-15)13-20(25-22)18-12-16-10-6-7-11-21(16)28-23(18)26/h3-13H,2H2,1H3. The number of ether oxygens (including phenoxy) is 1. The fraction of sp³-hybridized carbons (Fsp3) is 0.0870. The smallest absolute Gasteiger partial charge is 0.345 e. The predicted molar refractivity (Wildman–Crippen MR) is 107 cm³/mol. The zero-order valence-electron chi connectivity index (χ0n) is 15.2. The second kappa shape index (κ2) is 7.37. The molecule has 2 aromatic heterocycles. The van der Waals surface area contributed by atoms with E-state index in [-0.39, 0.29) is 5.88 Å². The molecule has 0 spiro atoms. The van der Waals surface area contributed by atoms with E-state index in [0.29, 0.717) is 34.6 Å². The molecule has 0 aliphatic carbocycles. The van der Waals surface area contributed by atoms with Gasteiger partial charge in [0.15, 0.2) is 0 Å². The molecule has 0 amide bonds. The van der Waals surface area contributed by atoms with Crippen LogP contribution in [0.5, 0.6) is 5.88 Å². The number of benzene rings is 2. The first-order valence-corrected chi connectivity index (χ1v) is 8.88. The van der Waals surface area contributed by atoms with Gasteiger partial charge in [0.25, 0.3) is 0 Å². The molecule has 2 aromatic carbocycles. The van der Waals surface area contributed by atoms with E-state index in [1.807, 2.05) is 55.5 Å². The summed E-state index contributed by atoms with van der Waals surface area (Å²) in [6.45, 7) is 2.17. The first-order valence-electron chi connectivity index (χ1n) is 8.88. The Labute approximate surface area is 161 Å². The maximum absolute atomic E-state index is 12.6. The molecular formula is C23H16N2O3. The van der Waals surface area contributed by atoms with Crippen LogP contribution in [0, 0.1) is 11.3 Å². The highest BCUT2D eigenvalue weighted by molar-refractivity contribution is 5.83. The van der Waals surface area contributed by atoms with Crippen LogP contribution < -0.4 is 10.4 Å². The van der Waals surface area contributed by atoms with Crippen molar-refractivity contribution in [2.45, 2.75) is 6.92 Å². The van der Waals surface area contributed by atoms with Crippen LogP contribution >= 0.6 is 0 Å². The number of hydrogen-bond donors (Lipinski definition) is 0. The van der Waals surface area contributed by atoms with Crippen LogP contribution in [0.3, 0.4) is 0 Å².